The fourth-order valence-corrected chi connectivity index (χ4v) is 2.12. The molecule has 0 saturated heterocycles. The molecule has 0 radical (unpaired) electrons. The molecule has 0 aliphatic rings. The van der Waals surface area contributed by atoms with Crippen LogP contribution >= 0.6 is 0 Å². The van der Waals surface area contributed by atoms with E-state index in [9.17, 15) is 0 Å². The summed E-state index contributed by atoms with van der Waals surface area (Å²) in [5, 5.41) is 3.39. The zero-order valence-corrected chi connectivity index (χ0v) is 13.2. The molecule has 2 aromatic heterocycles. The van der Waals surface area contributed by atoms with Crippen molar-refractivity contribution in [2.75, 3.05) is 13.6 Å². The van der Waals surface area contributed by atoms with Crippen molar-refractivity contribution in [2.45, 2.75) is 39.4 Å². The van der Waals surface area contributed by atoms with E-state index in [0.29, 0.717) is 6.04 Å². The van der Waals surface area contributed by atoms with Gasteiger partial charge in [-0.1, -0.05) is 19.9 Å². The smallest absolute Gasteiger partial charge is 0.118 e. The number of aromatic nitrogens is 1. The molecule has 2 rings (SSSR count). The molecule has 4 heteroatoms. The molecule has 4 nitrogen and oxygen atoms in total. The maximum Gasteiger partial charge on any atom is 0.118 e. The van der Waals surface area contributed by atoms with Gasteiger partial charge in [-0.25, -0.2) is 0 Å². The van der Waals surface area contributed by atoms with E-state index in [4.69, 9.17) is 4.42 Å². The zero-order valence-electron chi connectivity index (χ0n) is 13.2. The minimum Gasteiger partial charge on any atom is -0.468 e. The van der Waals surface area contributed by atoms with E-state index >= 15 is 0 Å². The number of furan rings is 1. The van der Waals surface area contributed by atoms with Gasteiger partial charge >= 0.3 is 0 Å². The van der Waals surface area contributed by atoms with Crippen LogP contribution in [-0.4, -0.2) is 29.5 Å². The Bertz CT molecular complexity index is 522. The van der Waals surface area contributed by atoms with Gasteiger partial charge in [-0.2, -0.15) is 0 Å². The number of pyridine rings is 1. The van der Waals surface area contributed by atoms with Crippen molar-refractivity contribution in [1.29, 1.82) is 0 Å². The summed E-state index contributed by atoms with van der Waals surface area (Å²) in [4.78, 5) is 6.60. The number of rotatable bonds is 8. The van der Waals surface area contributed by atoms with Gasteiger partial charge < -0.3 is 9.73 Å². The third kappa shape index (κ3) is 5.69. The molecular weight excluding hydrogens is 262 g/mol. The lowest BCUT2D eigenvalue weighted by atomic mass is 10.2. The van der Waals surface area contributed by atoms with E-state index in [1.54, 1.807) is 0 Å². The van der Waals surface area contributed by atoms with Crippen LogP contribution in [0.25, 0.3) is 0 Å². The molecule has 0 amide bonds. The van der Waals surface area contributed by atoms with E-state index in [1.807, 2.05) is 24.6 Å². The van der Waals surface area contributed by atoms with E-state index in [-0.39, 0.29) is 0 Å². The van der Waals surface area contributed by atoms with Gasteiger partial charge in [0, 0.05) is 43.0 Å². The molecule has 2 heterocycles. The van der Waals surface area contributed by atoms with Gasteiger partial charge in [0.25, 0.3) is 0 Å². The first-order valence-electron chi connectivity index (χ1n) is 7.51. The predicted molar refractivity (Wildman–Crippen MR) is 85.0 cm³/mol. The Labute approximate surface area is 127 Å². The first kappa shape index (κ1) is 15.7. The normalized spacial score (nSPS) is 11.5. The third-order valence-electron chi connectivity index (χ3n) is 3.32. The van der Waals surface area contributed by atoms with Crippen molar-refractivity contribution in [1.82, 2.24) is 15.2 Å². The Morgan fingerprint density at radius 2 is 2.19 bits per heavy atom. The Kier molecular flexibility index (Phi) is 5.96. The first-order chi connectivity index (χ1) is 10.1. The average molecular weight is 287 g/mol. The standard InChI is InChI=1S/C17H25N3O/c1-14(2)19-11-15-10-17(21-13-15)12-20(3)9-7-16-6-4-5-8-18-16/h4-6,8,10,13-14,19H,7,9,11-12H2,1-3H3. The molecule has 0 unspecified atom stereocenters. The molecule has 1 N–H and O–H groups in total. The second-order valence-corrected chi connectivity index (χ2v) is 5.77. The largest absolute Gasteiger partial charge is 0.468 e. The van der Waals surface area contributed by atoms with Gasteiger partial charge in [0.1, 0.15) is 5.76 Å². The van der Waals surface area contributed by atoms with Gasteiger partial charge in [-0.3, -0.25) is 9.88 Å². The van der Waals surface area contributed by atoms with Crippen LogP contribution in [0.15, 0.2) is 41.1 Å². The zero-order chi connectivity index (χ0) is 15.1. The summed E-state index contributed by atoms with van der Waals surface area (Å²) in [5.74, 6) is 1.01. The number of hydrogen-bond acceptors (Lipinski definition) is 4. The summed E-state index contributed by atoms with van der Waals surface area (Å²) in [6.45, 7) is 6.95. The maximum atomic E-state index is 5.62. The summed E-state index contributed by atoms with van der Waals surface area (Å²) in [6, 6.07) is 8.67. The fraction of sp³-hybridized carbons (Fsp3) is 0.471. The van der Waals surface area contributed by atoms with Crippen LogP contribution in [0.4, 0.5) is 0 Å². The first-order valence-corrected chi connectivity index (χ1v) is 7.51. The van der Waals surface area contributed by atoms with E-state index in [1.165, 1.54) is 5.56 Å². The van der Waals surface area contributed by atoms with Gasteiger partial charge in [0.2, 0.25) is 0 Å². The molecular formula is C17H25N3O. The molecule has 0 spiro atoms. The number of nitrogens with one attached hydrogen (secondary N) is 1. The van der Waals surface area contributed by atoms with Gasteiger partial charge in [0.05, 0.1) is 12.8 Å². The number of hydrogen-bond donors (Lipinski definition) is 1. The quantitative estimate of drug-likeness (QED) is 0.810. The van der Waals surface area contributed by atoms with Crippen LogP contribution in [0.2, 0.25) is 0 Å². The molecule has 0 aliphatic carbocycles. The second kappa shape index (κ2) is 7.96. The summed E-state index contributed by atoms with van der Waals surface area (Å²) >= 11 is 0. The molecule has 0 atom stereocenters. The highest BCUT2D eigenvalue weighted by molar-refractivity contribution is 5.12. The number of likely N-dealkylation sites (N-methyl/N-ethyl adjacent to an activating group) is 1. The highest BCUT2D eigenvalue weighted by atomic mass is 16.3. The van der Waals surface area contributed by atoms with Crippen LogP contribution in [0.3, 0.4) is 0 Å². The molecule has 0 aliphatic heterocycles. The summed E-state index contributed by atoms with van der Waals surface area (Å²) in [7, 11) is 2.11. The fourth-order valence-electron chi connectivity index (χ4n) is 2.12. The van der Waals surface area contributed by atoms with Crippen molar-refractivity contribution < 1.29 is 4.42 Å². The lowest BCUT2D eigenvalue weighted by Gasteiger charge is -2.14. The van der Waals surface area contributed by atoms with E-state index < -0.39 is 0 Å². The van der Waals surface area contributed by atoms with Crippen molar-refractivity contribution in [2.24, 2.45) is 0 Å². The van der Waals surface area contributed by atoms with E-state index in [0.717, 1.165) is 37.5 Å². The number of nitrogens with zero attached hydrogens (tertiary/aromatic N) is 2. The van der Waals surface area contributed by atoms with Crippen molar-refractivity contribution in [3.05, 3.63) is 53.7 Å². The third-order valence-corrected chi connectivity index (χ3v) is 3.32. The Morgan fingerprint density at radius 3 is 2.90 bits per heavy atom. The van der Waals surface area contributed by atoms with Gasteiger partial charge in [-0.05, 0) is 25.2 Å². The summed E-state index contributed by atoms with van der Waals surface area (Å²) in [5.41, 5.74) is 2.34. The minimum atomic E-state index is 0.490. The molecule has 114 valence electrons. The minimum absolute atomic E-state index is 0.490. The molecule has 21 heavy (non-hydrogen) atoms. The lowest BCUT2D eigenvalue weighted by molar-refractivity contribution is 0.297. The highest BCUT2D eigenvalue weighted by Gasteiger charge is 2.06. The van der Waals surface area contributed by atoms with Gasteiger partial charge in [-0.15, -0.1) is 0 Å². The van der Waals surface area contributed by atoms with Crippen LogP contribution in [0, 0.1) is 0 Å². The van der Waals surface area contributed by atoms with E-state index in [2.05, 4.69) is 48.2 Å². The molecule has 0 aromatic carbocycles. The van der Waals surface area contributed by atoms with Crippen molar-refractivity contribution in [3.8, 4) is 0 Å². The Hall–Kier alpha value is -1.65. The van der Waals surface area contributed by atoms with Crippen LogP contribution < -0.4 is 5.32 Å². The van der Waals surface area contributed by atoms with Crippen LogP contribution in [-0.2, 0) is 19.5 Å². The lowest BCUT2D eigenvalue weighted by Crippen LogP contribution is -2.21. The van der Waals surface area contributed by atoms with Crippen molar-refractivity contribution >= 4 is 0 Å². The monoisotopic (exact) mass is 287 g/mol. The van der Waals surface area contributed by atoms with Gasteiger partial charge in [0.15, 0.2) is 0 Å². The predicted octanol–water partition coefficient (Wildman–Crippen LogP) is 2.85. The SMILES string of the molecule is CC(C)NCc1coc(CN(C)CCc2ccccn2)c1. The Morgan fingerprint density at radius 1 is 1.33 bits per heavy atom. The Balaban J connectivity index is 1.76. The molecule has 0 saturated carbocycles. The topological polar surface area (TPSA) is 41.3 Å². The molecule has 0 bridgehead atoms. The molecule has 2 aromatic rings. The van der Waals surface area contributed by atoms with Crippen LogP contribution in [0.1, 0.15) is 30.9 Å². The maximum absolute atomic E-state index is 5.62. The summed E-state index contributed by atoms with van der Waals surface area (Å²) < 4.78 is 5.62. The van der Waals surface area contributed by atoms with Crippen molar-refractivity contribution in [3.63, 3.8) is 0 Å². The highest BCUT2D eigenvalue weighted by Crippen LogP contribution is 2.10. The average Bonchev–Trinajstić information content (AvgIpc) is 2.91. The van der Waals surface area contributed by atoms with Crippen LogP contribution in [0.5, 0.6) is 0 Å². The molecule has 0 fully saturated rings. The second-order valence-electron chi connectivity index (χ2n) is 5.77. The summed E-state index contributed by atoms with van der Waals surface area (Å²) in [6.07, 6.45) is 4.65.